The van der Waals surface area contributed by atoms with Crippen molar-refractivity contribution in [2.24, 2.45) is 23.5 Å². The zero-order chi connectivity index (χ0) is 39.2. The highest BCUT2D eigenvalue weighted by Crippen LogP contribution is 2.13. The number of likely N-dealkylation sites (tertiary alicyclic amines) is 1. The van der Waals surface area contributed by atoms with E-state index in [0.29, 0.717) is 25.9 Å². The van der Waals surface area contributed by atoms with Gasteiger partial charge in [0, 0.05) is 13.1 Å². The summed E-state index contributed by atoms with van der Waals surface area (Å²) in [6.45, 7) is 10.6. The zero-order valence-electron chi connectivity index (χ0n) is 29.9. The molecule has 1 aliphatic rings. The molecule has 1 saturated heterocycles. The predicted molar refractivity (Wildman–Crippen MR) is 179 cm³/mol. The highest BCUT2D eigenvalue weighted by molar-refractivity contribution is 5.99. The first-order valence-electron chi connectivity index (χ1n) is 16.9. The second-order valence-electron chi connectivity index (χ2n) is 13.7. The van der Waals surface area contributed by atoms with Crippen LogP contribution in [0.5, 0.6) is 0 Å². The molecular formula is C32H53N7O12. The molecule has 6 amide bonds. The number of hydrogen-bond donors (Lipinski definition) is 9. The Balaban J connectivity index is 3.32. The van der Waals surface area contributed by atoms with Gasteiger partial charge in [-0.25, -0.2) is 4.79 Å². The van der Waals surface area contributed by atoms with Crippen molar-refractivity contribution >= 4 is 53.4 Å². The van der Waals surface area contributed by atoms with Gasteiger partial charge in [-0.05, 0) is 37.0 Å². The predicted octanol–water partition coefficient (Wildman–Crippen LogP) is -1.86. The van der Waals surface area contributed by atoms with E-state index in [2.05, 4.69) is 26.6 Å². The van der Waals surface area contributed by atoms with E-state index in [9.17, 15) is 53.4 Å². The number of carbonyl (C=O) groups is 9. The van der Waals surface area contributed by atoms with Crippen LogP contribution >= 0.6 is 0 Å². The van der Waals surface area contributed by atoms with Gasteiger partial charge in [0.25, 0.3) is 0 Å². The molecule has 1 fully saturated rings. The Morgan fingerprint density at radius 2 is 0.980 bits per heavy atom. The van der Waals surface area contributed by atoms with Gasteiger partial charge in [0.2, 0.25) is 35.4 Å². The Morgan fingerprint density at radius 1 is 0.569 bits per heavy atom. The van der Waals surface area contributed by atoms with E-state index in [4.69, 9.17) is 10.8 Å². The normalized spacial score (nSPS) is 16.3. The van der Waals surface area contributed by atoms with E-state index in [1.165, 1.54) is 4.90 Å². The topological polar surface area (TPSA) is 304 Å². The van der Waals surface area contributed by atoms with Crippen LogP contribution < -0.4 is 32.3 Å². The summed E-state index contributed by atoms with van der Waals surface area (Å²) >= 11 is 0. The lowest BCUT2D eigenvalue weighted by Gasteiger charge is -2.29. The minimum Gasteiger partial charge on any atom is -0.481 e. The summed E-state index contributed by atoms with van der Waals surface area (Å²) in [5.41, 5.74) is 5.63. The molecule has 0 unspecified atom stereocenters. The first kappa shape index (κ1) is 44.2. The van der Waals surface area contributed by atoms with Crippen molar-refractivity contribution in [1.29, 1.82) is 0 Å². The smallest absolute Gasteiger partial charge is 0.326 e. The molecule has 51 heavy (non-hydrogen) atoms. The average Bonchev–Trinajstić information content (AvgIpc) is 3.55. The van der Waals surface area contributed by atoms with Crippen molar-refractivity contribution in [3.63, 3.8) is 0 Å². The Kier molecular flexibility index (Phi) is 18.0. The molecule has 6 atom stereocenters. The summed E-state index contributed by atoms with van der Waals surface area (Å²) in [6.07, 6.45) is -0.788. The van der Waals surface area contributed by atoms with Crippen molar-refractivity contribution in [3.8, 4) is 0 Å². The Labute approximate surface area is 296 Å². The van der Waals surface area contributed by atoms with Crippen LogP contribution in [0.1, 0.15) is 80.1 Å². The lowest BCUT2D eigenvalue weighted by atomic mass is 9.98. The van der Waals surface area contributed by atoms with Crippen LogP contribution in [0.25, 0.3) is 0 Å². The van der Waals surface area contributed by atoms with E-state index >= 15 is 0 Å². The molecule has 10 N–H and O–H groups in total. The number of carbonyl (C=O) groups excluding carboxylic acids is 6. The molecule has 0 radical (unpaired) electrons. The minimum atomic E-state index is -1.78. The number of amides is 6. The number of carboxylic acid groups (broad SMARTS) is 3. The van der Waals surface area contributed by atoms with Gasteiger partial charge in [-0.1, -0.05) is 41.5 Å². The number of carboxylic acids is 3. The Hall–Kier alpha value is -4.81. The first-order chi connectivity index (χ1) is 23.6. The van der Waals surface area contributed by atoms with Gasteiger partial charge in [0.15, 0.2) is 0 Å². The minimum absolute atomic E-state index is 0.0105. The van der Waals surface area contributed by atoms with Gasteiger partial charge in [0.1, 0.15) is 30.2 Å². The first-order valence-corrected chi connectivity index (χ1v) is 16.9. The third-order valence-electron chi connectivity index (χ3n) is 8.03. The van der Waals surface area contributed by atoms with E-state index in [0.717, 1.165) is 0 Å². The van der Waals surface area contributed by atoms with Gasteiger partial charge < -0.3 is 52.5 Å². The second kappa shape index (κ2) is 20.8. The third kappa shape index (κ3) is 15.3. The highest BCUT2D eigenvalue weighted by Gasteiger charge is 2.36. The van der Waals surface area contributed by atoms with Crippen molar-refractivity contribution in [1.82, 2.24) is 31.5 Å². The SMILES string of the molecule is CC(C)C[C@H](NC(=O)[C@H](CC(=O)O)NC(=O)[C@H](CC(=O)N1CCCC1)NC(=O)[C@@H](NC(=O)[C@@H](NC(=O)[C@@H](N)CC(=O)O)C(C)C)C(C)C)C(=O)O. The van der Waals surface area contributed by atoms with E-state index in [1.54, 1.807) is 41.5 Å². The molecule has 0 spiro atoms. The number of hydrogen-bond acceptors (Lipinski definition) is 10. The quantitative estimate of drug-likeness (QED) is 0.0628. The summed E-state index contributed by atoms with van der Waals surface area (Å²) in [5.74, 6) is -10.9. The third-order valence-corrected chi connectivity index (χ3v) is 8.03. The maximum atomic E-state index is 13.7. The second-order valence-corrected chi connectivity index (χ2v) is 13.7. The van der Waals surface area contributed by atoms with Crippen LogP contribution in [0.3, 0.4) is 0 Å². The molecule has 288 valence electrons. The van der Waals surface area contributed by atoms with Crippen molar-refractivity contribution in [2.45, 2.75) is 116 Å². The zero-order valence-corrected chi connectivity index (χ0v) is 29.9. The number of aliphatic carboxylic acids is 3. The van der Waals surface area contributed by atoms with Gasteiger partial charge in [-0.15, -0.1) is 0 Å². The van der Waals surface area contributed by atoms with Crippen LogP contribution in [0.15, 0.2) is 0 Å². The maximum Gasteiger partial charge on any atom is 0.326 e. The van der Waals surface area contributed by atoms with E-state index in [1.807, 2.05) is 0 Å². The molecule has 1 heterocycles. The summed E-state index contributed by atoms with van der Waals surface area (Å²) in [4.78, 5) is 115. The molecular weight excluding hydrogens is 674 g/mol. The number of rotatable bonds is 21. The molecule has 0 bridgehead atoms. The highest BCUT2D eigenvalue weighted by atomic mass is 16.4. The van der Waals surface area contributed by atoms with Crippen molar-refractivity contribution in [3.05, 3.63) is 0 Å². The monoisotopic (exact) mass is 727 g/mol. The van der Waals surface area contributed by atoms with Crippen molar-refractivity contribution < 1.29 is 58.5 Å². The van der Waals surface area contributed by atoms with Crippen LogP contribution in [0.4, 0.5) is 0 Å². The van der Waals surface area contributed by atoms with Gasteiger partial charge in [0.05, 0.1) is 25.3 Å². The molecule has 19 heteroatoms. The fraction of sp³-hybridized carbons (Fsp3) is 0.719. The molecule has 1 rings (SSSR count). The molecule has 0 aromatic carbocycles. The Morgan fingerprint density at radius 3 is 1.41 bits per heavy atom. The molecule has 0 saturated carbocycles. The van der Waals surface area contributed by atoms with Gasteiger partial charge in [-0.3, -0.25) is 38.4 Å². The largest absolute Gasteiger partial charge is 0.481 e. The number of nitrogens with two attached hydrogens (primary N) is 1. The molecule has 1 aliphatic heterocycles. The molecule has 0 aromatic heterocycles. The summed E-state index contributed by atoms with van der Waals surface area (Å²) < 4.78 is 0. The van der Waals surface area contributed by atoms with E-state index in [-0.39, 0.29) is 12.3 Å². The summed E-state index contributed by atoms with van der Waals surface area (Å²) in [5, 5.41) is 39.8. The lowest BCUT2D eigenvalue weighted by Crippen LogP contribution is -2.61. The fourth-order valence-corrected chi connectivity index (χ4v) is 5.22. The van der Waals surface area contributed by atoms with Crippen LogP contribution in [0, 0.1) is 17.8 Å². The molecule has 0 aliphatic carbocycles. The fourth-order valence-electron chi connectivity index (χ4n) is 5.22. The van der Waals surface area contributed by atoms with Crippen molar-refractivity contribution in [2.75, 3.05) is 13.1 Å². The number of nitrogens with one attached hydrogen (secondary N) is 5. The summed E-state index contributed by atoms with van der Waals surface area (Å²) in [7, 11) is 0. The van der Waals surface area contributed by atoms with Crippen LogP contribution in [-0.4, -0.2) is 123 Å². The van der Waals surface area contributed by atoms with Gasteiger partial charge in [-0.2, -0.15) is 0 Å². The Bertz CT molecular complexity index is 1300. The van der Waals surface area contributed by atoms with Crippen LogP contribution in [-0.2, 0) is 43.2 Å². The standard InChI is InChI=1S/C32H53N7O12/c1-15(2)11-21(32(50)51)36-29(47)20(14-24(43)44)34-28(46)19(13-22(40)39-9-7-8-10-39)35-30(48)25(16(3)4)38-31(49)26(17(5)6)37-27(45)18(33)12-23(41)42/h15-21,25-26H,7-14,33H2,1-6H3,(H,34,46)(H,35,48)(H,36,47)(H,37,45)(H,38,49)(H,41,42)(H,43,44)(H,50,51)/t18-,19-,20-,21-,25-,26-/m0/s1. The summed E-state index contributed by atoms with van der Waals surface area (Å²) in [6, 6.07) is -8.87. The van der Waals surface area contributed by atoms with Crippen LogP contribution in [0.2, 0.25) is 0 Å². The van der Waals surface area contributed by atoms with E-state index < -0.39 is 121 Å². The maximum absolute atomic E-state index is 13.7. The molecule has 0 aromatic rings. The molecule has 19 nitrogen and oxygen atoms in total. The lowest BCUT2D eigenvalue weighted by molar-refractivity contribution is -0.144. The number of nitrogens with zero attached hydrogens (tertiary/aromatic N) is 1. The van der Waals surface area contributed by atoms with Gasteiger partial charge >= 0.3 is 17.9 Å². The average molecular weight is 728 g/mol.